The Morgan fingerprint density at radius 3 is 2.87 bits per heavy atom. The van der Waals surface area contributed by atoms with E-state index in [1.54, 1.807) is 13.2 Å². The number of benzene rings is 1. The van der Waals surface area contributed by atoms with Gasteiger partial charge in [-0.3, -0.25) is 0 Å². The van der Waals surface area contributed by atoms with Crippen molar-refractivity contribution in [1.29, 1.82) is 0 Å². The topological polar surface area (TPSA) is 41.5 Å². The van der Waals surface area contributed by atoms with Gasteiger partial charge in [0, 0.05) is 18.2 Å². The van der Waals surface area contributed by atoms with Gasteiger partial charge in [-0.05, 0) is 30.7 Å². The Morgan fingerprint density at radius 1 is 1.47 bits per heavy atom. The summed E-state index contributed by atoms with van der Waals surface area (Å²) in [6.07, 6.45) is 0.758. The number of rotatable bonds is 6. The highest BCUT2D eigenvalue weighted by atomic mass is 35.5. The van der Waals surface area contributed by atoms with Crippen molar-refractivity contribution in [3.63, 3.8) is 0 Å². The Hall–Kier alpha value is -0.770. The summed E-state index contributed by atoms with van der Waals surface area (Å²) < 4.78 is 5.06. The third kappa shape index (κ3) is 4.08. The summed E-state index contributed by atoms with van der Waals surface area (Å²) in [6, 6.07) is 5.62. The summed E-state index contributed by atoms with van der Waals surface area (Å²) in [5, 5.41) is 12.5. The summed E-state index contributed by atoms with van der Waals surface area (Å²) in [4.78, 5) is 0. The molecule has 15 heavy (non-hydrogen) atoms. The molecule has 0 fully saturated rings. The van der Waals surface area contributed by atoms with Crippen molar-refractivity contribution in [2.45, 2.75) is 13.0 Å². The van der Waals surface area contributed by atoms with Gasteiger partial charge in [0.15, 0.2) is 0 Å². The fourth-order valence-electron chi connectivity index (χ4n) is 1.23. The summed E-state index contributed by atoms with van der Waals surface area (Å²) in [5.74, 6) is 0.763. The Kier molecular flexibility index (Phi) is 5.47. The van der Waals surface area contributed by atoms with Crippen LogP contribution < -0.4 is 10.1 Å². The van der Waals surface area contributed by atoms with E-state index in [0.717, 1.165) is 24.3 Å². The molecule has 0 saturated heterocycles. The monoisotopic (exact) mass is 229 g/mol. The van der Waals surface area contributed by atoms with E-state index in [9.17, 15) is 0 Å². The standard InChI is InChI=1S/C11H16ClNO2/c1-15-10-4-3-9(11(12)7-10)8-13-5-2-6-14/h3-4,7,13-14H,2,5-6,8H2,1H3. The maximum absolute atomic E-state index is 8.60. The van der Waals surface area contributed by atoms with Crippen LogP contribution in [0.25, 0.3) is 0 Å². The normalized spacial score (nSPS) is 10.3. The molecule has 0 atom stereocenters. The van der Waals surface area contributed by atoms with Crippen molar-refractivity contribution < 1.29 is 9.84 Å². The van der Waals surface area contributed by atoms with Crippen molar-refractivity contribution in [2.24, 2.45) is 0 Å². The smallest absolute Gasteiger partial charge is 0.120 e. The van der Waals surface area contributed by atoms with Gasteiger partial charge in [-0.15, -0.1) is 0 Å². The average molecular weight is 230 g/mol. The zero-order valence-corrected chi connectivity index (χ0v) is 9.55. The van der Waals surface area contributed by atoms with Crippen LogP contribution in [-0.4, -0.2) is 25.4 Å². The largest absolute Gasteiger partial charge is 0.497 e. The highest BCUT2D eigenvalue weighted by Crippen LogP contribution is 2.21. The molecule has 0 heterocycles. The number of halogens is 1. The number of ether oxygens (including phenoxy) is 1. The van der Waals surface area contributed by atoms with Crippen molar-refractivity contribution in [2.75, 3.05) is 20.3 Å². The minimum absolute atomic E-state index is 0.212. The van der Waals surface area contributed by atoms with Gasteiger partial charge in [0.1, 0.15) is 5.75 Å². The molecule has 1 aromatic carbocycles. The fourth-order valence-corrected chi connectivity index (χ4v) is 1.46. The Morgan fingerprint density at radius 2 is 2.27 bits per heavy atom. The highest BCUT2D eigenvalue weighted by molar-refractivity contribution is 6.31. The molecule has 3 nitrogen and oxygen atoms in total. The molecule has 0 radical (unpaired) electrons. The van der Waals surface area contributed by atoms with E-state index < -0.39 is 0 Å². The van der Waals surface area contributed by atoms with Gasteiger partial charge >= 0.3 is 0 Å². The zero-order chi connectivity index (χ0) is 11.1. The molecule has 0 amide bonds. The zero-order valence-electron chi connectivity index (χ0n) is 8.79. The summed E-state index contributed by atoms with van der Waals surface area (Å²) in [5.41, 5.74) is 1.04. The van der Waals surface area contributed by atoms with Crippen LogP contribution in [0.1, 0.15) is 12.0 Å². The molecular weight excluding hydrogens is 214 g/mol. The quantitative estimate of drug-likeness (QED) is 0.732. The summed E-state index contributed by atoms with van der Waals surface area (Å²) in [7, 11) is 1.62. The molecule has 0 saturated carbocycles. The number of nitrogens with one attached hydrogen (secondary N) is 1. The Balaban J connectivity index is 2.47. The predicted molar refractivity (Wildman–Crippen MR) is 61.4 cm³/mol. The number of methoxy groups -OCH3 is 1. The second kappa shape index (κ2) is 6.67. The van der Waals surface area contributed by atoms with Crippen molar-refractivity contribution >= 4 is 11.6 Å². The van der Waals surface area contributed by atoms with Crippen LogP contribution in [0.3, 0.4) is 0 Å². The van der Waals surface area contributed by atoms with Gasteiger partial charge in [0.2, 0.25) is 0 Å². The molecule has 0 aromatic heterocycles. The van der Waals surface area contributed by atoms with Crippen LogP contribution in [0.15, 0.2) is 18.2 Å². The van der Waals surface area contributed by atoms with E-state index in [4.69, 9.17) is 21.4 Å². The second-order valence-corrected chi connectivity index (χ2v) is 3.62. The maximum atomic E-state index is 8.60. The number of hydrogen-bond donors (Lipinski definition) is 2. The Bertz CT molecular complexity index is 305. The van der Waals surface area contributed by atoms with Crippen molar-refractivity contribution in [3.05, 3.63) is 28.8 Å². The molecule has 0 aliphatic heterocycles. The van der Waals surface area contributed by atoms with Crippen LogP contribution in [0, 0.1) is 0 Å². The molecule has 0 spiro atoms. The van der Waals surface area contributed by atoms with E-state index >= 15 is 0 Å². The third-order valence-electron chi connectivity index (χ3n) is 2.09. The minimum atomic E-state index is 0.212. The van der Waals surface area contributed by atoms with Gasteiger partial charge in [0.25, 0.3) is 0 Å². The highest BCUT2D eigenvalue weighted by Gasteiger charge is 2.01. The van der Waals surface area contributed by atoms with E-state index in [2.05, 4.69) is 5.32 Å². The SMILES string of the molecule is COc1ccc(CNCCCO)c(Cl)c1. The lowest BCUT2D eigenvalue weighted by Crippen LogP contribution is -2.15. The first-order valence-corrected chi connectivity index (χ1v) is 5.29. The van der Waals surface area contributed by atoms with Crippen LogP contribution in [0.4, 0.5) is 0 Å². The van der Waals surface area contributed by atoms with Crippen LogP contribution in [-0.2, 0) is 6.54 Å². The molecular formula is C11H16ClNO2. The summed E-state index contributed by atoms with van der Waals surface area (Å²) in [6.45, 7) is 1.71. The molecule has 0 aliphatic rings. The third-order valence-corrected chi connectivity index (χ3v) is 2.44. The molecule has 0 aliphatic carbocycles. The molecule has 4 heteroatoms. The lowest BCUT2D eigenvalue weighted by Gasteiger charge is -2.07. The molecule has 0 bridgehead atoms. The second-order valence-electron chi connectivity index (χ2n) is 3.21. The molecule has 1 aromatic rings. The van der Waals surface area contributed by atoms with Gasteiger partial charge in [0.05, 0.1) is 7.11 Å². The van der Waals surface area contributed by atoms with Gasteiger partial charge < -0.3 is 15.2 Å². The number of hydrogen-bond acceptors (Lipinski definition) is 3. The molecule has 0 unspecified atom stereocenters. The van der Waals surface area contributed by atoms with Crippen LogP contribution in [0.2, 0.25) is 5.02 Å². The van der Waals surface area contributed by atoms with Gasteiger partial charge in [-0.1, -0.05) is 17.7 Å². The van der Waals surface area contributed by atoms with Crippen LogP contribution in [0.5, 0.6) is 5.75 Å². The minimum Gasteiger partial charge on any atom is -0.497 e. The van der Waals surface area contributed by atoms with E-state index in [-0.39, 0.29) is 6.61 Å². The predicted octanol–water partition coefficient (Wildman–Crippen LogP) is 1.82. The van der Waals surface area contributed by atoms with Crippen molar-refractivity contribution in [1.82, 2.24) is 5.32 Å². The average Bonchev–Trinajstić information content (AvgIpc) is 2.26. The first-order chi connectivity index (χ1) is 7.27. The maximum Gasteiger partial charge on any atom is 0.120 e. The Labute approximate surface area is 95.0 Å². The summed E-state index contributed by atoms with van der Waals surface area (Å²) >= 11 is 6.05. The van der Waals surface area contributed by atoms with E-state index in [1.807, 2.05) is 12.1 Å². The van der Waals surface area contributed by atoms with E-state index in [1.165, 1.54) is 0 Å². The van der Waals surface area contributed by atoms with Crippen LogP contribution >= 0.6 is 11.6 Å². The number of aliphatic hydroxyl groups is 1. The first-order valence-electron chi connectivity index (χ1n) is 4.92. The number of aliphatic hydroxyl groups excluding tert-OH is 1. The lowest BCUT2D eigenvalue weighted by molar-refractivity contribution is 0.286. The fraction of sp³-hybridized carbons (Fsp3) is 0.455. The van der Waals surface area contributed by atoms with Gasteiger partial charge in [-0.2, -0.15) is 0 Å². The van der Waals surface area contributed by atoms with Gasteiger partial charge in [-0.25, -0.2) is 0 Å². The molecule has 84 valence electrons. The molecule has 1 rings (SSSR count). The van der Waals surface area contributed by atoms with E-state index in [0.29, 0.717) is 11.6 Å². The first kappa shape index (κ1) is 12.3. The van der Waals surface area contributed by atoms with Crippen molar-refractivity contribution in [3.8, 4) is 5.75 Å². The lowest BCUT2D eigenvalue weighted by atomic mass is 10.2. The molecule has 2 N–H and O–H groups in total.